The van der Waals surface area contributed by atoms with Gasteiger partial charge in [0.25, 0.3) is 0 Å². The summed E-state index contributed by atoms with van der Waals surface area (Å²) >= 11 is 2.15. The van der Waals surface area contributed by atoms with Crippen LogP contribution in [0.15, 0.2) is 12.2 Å². The molecule has 0 radical (unpaired) electrons. The molecule has 1 atom stereocenters. The van der Waals surface area contributed by atoms with Crippen LogP contribution in [0.4, 0.5) is 0 Å². The average molecular weight is 239 g/mol. The summed E-state index contributed by atoms with van der Waals surface area (Å²) < 4.78 is 3.03. The first-order valence-electron chi connectivity index (χ1n) is 3.31. The Balaban J connectivity index is 3.20. The predicted octanol–water partition coefficient (Wildman–Crippen LogP) is 2.53. The van der Waals surface area contributed by atoms with Gasteiger partial charge in [0.15, 0.2) is 0 Å². The van der Waals surface area contributed by atoms with Gasteiger partial charge in [0, 0.05) is 29.4 Å². The first kappa shape index (κ1) is 9.43. The second kappa shape index (κ2) is 6.55. The molecule has 0 aromatic rings. The molecule has 0 amide bonds. The van der Waals surface area contributed by atoms with E-state index in [0.717, 1.165) is 12.5 Å². The summed E-state index contributed by atoms with van der Waals surface area (Å²) in [4.78, 5) is 0. The number of allylic oxidation sites excluding steroid dienone is 1. The second-order valence-corrected chi connectivity index (χ2v) is 2.91. The zero-order valence-corrected chi connectivity index (χ0v) is 8.18. The van der Waals surface area contributed by atoms with Crippen LogP contribution in [-0.2, 0) is 0 Å². The van der Waals surface area contributed by atoms with Crippen molar-refractivity contribution >= 4 is 22.9 Å². The van der Waals surface area contributed by atoms with Crippen LogP contribution in [-0.4, -0.2) is 6.54 Å². The molecule has 0 rings (SSSR count). The van der Waals surface area contributed by atoms with Crippen LogP contribution in [0.25, 0.3) is 0 Å². The Labute approximate surface area is 71.4 Å². The summed E-state index contributed by atoms with van der Waals surface area (Å²) in [5.74, 6) is 0.731. The third-order valence-corrected chi connectivity index (χ3v) is 1.74. The SMILES string of the molecule is CC[C@H](C)/C=C\CNI. The molecule has 0 unspecified atom stereocenters. The van der Waals surface area contributed by atoms with Gasteiger partial charge >= 0.3 is 0 Å². The van der Waals surface area contributed by atoms with Crippen molar-refractivity contribution in [3.8, 4) is 0 Å². The molecule has 0 saturated heterocycles. The fourth-order valence-electron chi connectivity index (χ4n) is 0.481. The first-order valence-corrected chi connectivity index (χ1v) is 4.39. The topological polar surface area (TPSA) is 12.0 Å². The molecule has 9 heavy (non-hydrogen) atoms. The molecule has 0 fully saturated rings. The molecule has 0 saturated carbocycles. The lowest BCUT2D eigenvalue weighted by Crippen LogP contribution is -1.95. The maximum atomic E-state index is 3.03. The highest BCUT2D eigenvalue weighted by molar-refractivity contribution is 14.1. The Kier molecular flexibility index (Phi) is 6.86. The van der Waals surface area contributed by atoms with Gasteiger partial charge in [-0.05, 0) is 5.92 Å². The maximum Gasteiger partial charge on any atom is 0.0231 e. The van der Waals surface area contributed by atoms with Crippen LogP contribution in [0, 0.1) is 5.92 Å². The smallest absolute Gasteiger partial charge is 0.0231 e. The highest BCUT2D eigenvalue weighted by atomic mass is 127. The molecule has 0 aromatic heterocycles. The van der Waals surface area contributed by atoms with Crippen LogP contribution in [0.3, 0.4) is 0 Å². The minimum Gasteiger partial charge on any atom is -0.257 e. The number of halogens is 1. The van der Waals surface area contributed by atoms with Crippen LogP contribution in [0.1, 0.15) is 20.3 Å². The number of nitrogens with one attached hydrogen (secondary N) is 1. The van der Waals surface area contributed by atoms with Crippen molar-refractivity contribution in [1.82, 2.24) is 3.53 Å². The van der Waals surface area contributed by atoms with Crippen LogP contribution < -0.4 is 3.53 Å². The zero-order chi connectivity index (χ0) is 7.11. The lowest BCUT2D eigenvalue weighted by Gasteiger charge is -1.97. The predicted molar refractivity (Wildman–Crippen MR) is 50.6 cm³/mol. The molecule has 0 spiro atoms. The minimum absolute atomic E-state index is 0.731. The molecule has 0 bridgehead atoms. The van der Waals surface area contributed by atoms with Gasteiger partial charge in [-0.3, -0.25) is 3.53 Å². The van der Waals surface area contributed by atoms with Crippen molar-refractivity contribution in [2.24, 2.45) is 5.92 Å². The van der Waals surface area contributed by atoms with Crippen molar-refractivity contribution in [3.05, 3.63) is 12.2 Å². The standard InChI is InChI=1S/C7H14IN/c1-3-7(2)5-4-6-9-8/h4-5,7,9H,3,6H2,1-2H3/b5-4-/t7-/m0/s1. The van der Waals surface area contributed by atoms with E-state index in [1.54, 1.807) is 0 Å². The van der Waals surface area contributed by atoms with E-state index in [4.69, 9.17) is 0 Å². The summed E-state index contributed by atoms with van der Waals surface area (Å²) in [6.45, 7) is 5.40. The quantitative estimate of drug-likeness (QED) is 0.451. The monoisotopic (exact) mass is 239 g/mol. The van der Waals surface area contributed by atoms with E-state index in [-0.39, 0.29) is 0 Å². The molecule has 0 aliphatic rings. The average Bonchev–Trinajstić information content (AvgIpc) is 1.89. The van der Waals surface area contributed by atoms with Crippen molar-refractivity contribution in [1.29, 1.82) is 0 Å². The third kappa shape index (κ3) is 6.31. The van der Waals surface area contributed by atoms with E-state index in [0.29, 0.717) is 0 Å². The van der Waals surface area contributed by atoms with Gasteiger partial charge in [-0.15, -0.1) is 0 Å². The molecule has 0 heterocycles. The first-order chi connectivity index (χ1) is 4.31. The summed E-state index contributed by atoms with van der Waals surface area (Å²) in [6.07, 6.45) is 5.64. The van der Waals surface area contributed by atoms with Crippen molar-refractivity contribution < 1.29 is 0 Å². The molecule has 0 aliphatic carbocycles. The maximum absolute atomic E-state index is 3.03. The zero-order valence-electron chi connectivity index (χ0n) is 6.02. The largest absolute Gasteiger partial charge is 0.257 e. The van der Waals surface area contributed by atoms with Gasteiger partial charge in [-0.2, -0.15) is 0 Å². The third-order valence-electron chi connectivity index (χ3n) is 1.30. The lowest BCUT2D eigenvalue weighted by atomic mass is 10.1. The highest BCUT2D eigenvalue weighted by Gasteiger charge is 1.87. The van der Waals surface area contributed by atoms with E-state index < -0.39 is 0 Å². The lowest BCUT2D eigenvalue weighted by molar-refractivity contribution is 0.696. The van der Waals surface area contributed by atoms with Gasteiger partial charge in [0.1, 0.15) is 0 Å². The normalized spacial score (nSPS) is 14.6. The fraction of sp³-hybridized carbons (Fsp3) is 0.714. The molecule has 0 aromatic carbocycles. The molecule has 1 nitrogen and oxygen atoms in total. The number of hydrogen-bond acceptors (Lipinski definition) is 1. The van der Waals surface area contributed by atoms with E-state index >= 15 is 0 Å². The Morgan fingerprint density at radius 3 is 2.78 bits per heavy atom. The summed E-state index contributed by atoms with van der Waals surface area (Å²) in [5.41, 5.74) is 0. The van der Waals surface area contributed by atoms with E-state index in [1.807, 2.05) is 0 Å². The van der Waals surface area contributed by atoms with Gasteiger partial charge in [0.05, 0.1) is 0 Å². The Morgan fingerprint density at radius 1 is 1.67 bits per heavy atom. The van der Waals surface area contributed by atoms with E-state index in [9.17, 15) is 0 Å². The van der Waals surface area contributed by atoms with Gasteiger partial charge in [0.2, 0.25) is 0 Å². The molecule has 2 heteroatoms. The van der Waals surface area contributed by atoms with Gasteiger partial charge < -0.3 is 0 Å². The van der Waals surface area contributed by atoms with Crippen LogP contribution in [0.5, 0.6) is 0 Å². The Bertz CT molecular complexity index is 81.0. The van der Waals surface area contributed by atoms with Crippen molar-refractivity contribution in [2.45, 2.75) is 20.3 Å². The number of rotatable bonds is 4. The summed E-state index contributed by atoms with van der Waals surface area (Å²) in [5, 5.41) is 0. The van der Waals surface area contributed by atoms with E-state index in [2.05, 4.69) is 52.4 Å². The fourth-order valence-corrected chi connectivity index (χ4v) is 0.735. The highest BCUT2D eigenvalue weighted by Crippen LogP contribution is 2.00. The van der Waals surface area contributed by atoms with E-state index in [1.165, 1.54) is 6.42 Å². The Hall–Kier alpha value is 0.430. The summed E-state index contributed by atoms with van der Waals surface area (Å²) in [6, 6.07) is 0. The molecular formula is C7H14IN. The number of hydrogen-bond donors (Lipinski definition) is 1. The Morgan fingerprint density at radius 2 is 2.33 bits per heavy atom. The van der Waals surface area contributed by atoms with Crippen molar-refractivity contribution in [2.75, 3.05) is 6.54 Å². The van der Waals surface area contributed by atoms with Gasteiger partial charge in [-0.1, -0.05) is 32.4 Å². The molecule has 0 aliphatic heterocycles. The molecule has 54 valence electrons. The minimum atomic E-state index is 0.731. The molecular weight excluding hydrogens is 225 g/mol. The van der Waals surface area contributed by atoms with Gasteiger partial charge in [-0.25, -0.2) is 0 Å². The van der Waals surface area contributed by atoms with Crippen molar-refractivity contribution in [3.63, 3.8) is 0 Å². The van der Waals surface area contributed by atoms with Crippen LogP contribution in [0.2, 0.25) is 0 Å². The second-order valence-electron chi connectivity index (χ2n) is 2.15. The summed E-state index contributed by atoms with van der Waals surface area (Å²) in [7, 11) is 0. The van der Waals surface area contributed by atoms with Crippen LogP contribution >= 0.6 is 22.9 Å². The molecule has 1 N–H and O–H groups in total.